The summed E-state index contributed by atoms with van der Waals surface area (Å²) in [4.78, 5) is 29.2. The maximum absolute atomic E-state index is 13.4. The van der Waals surface area contributed by atoms with Crippen LogP contribution < -0.4 is 14.2 Å². The van der Waals surface area contributed by atoms with E-state index in [0.717, 1.165) is 5.56 Å². The molecule has 8 nitrogen and oxygen atoms in total. The number of aromatic nitrogens is 1. The van der Waals surface area contributed by atoms with Crippen molar-refractivity contribution in [1.29, 1.82) is 0 Å². The van der Waals surface area contributed by atoms with E-state index in [1.54, 1.807) is 37.3 Å². The zero-order valence-corrected chi connectivity index (χ0v) is 21.0. The molecule has 8 heteroatoms. The number of ketones is 1. The fourth-order valence-electron chi connectivity index (χ4n) is 3.70. The van der Waals surface area contributed by atoms with Crippen LogP contribution in [0, 0.1) is 13.8 Å². The van der Waals surface area contributed by atoms with Gasteiger partial charge in [-0.25, -0.2) is 9.78 Å². The van der Waals surface area contributed by atoms with Gasteiger partial charge in [-0.15, -0.1) is 0 Å². The molecule has 190 valence electrons. The third kappa shape index (κ3) is 5.81. The molecule has 37 heavy (non-hydrogen) atoms. The van der Waals surface area contributed by atoms with Crippen LogP contribution in [0.2, 0.25) is 0 Å². The maximum Gasteiger partial charge on any atom is 0.344 e. The zero-order valence-electron chi connectivity index (χ0n) is 21.0. The Balaban J connectivity index is 1.52. The molecule has 4 aromatic rings. The standard InChI is InChI=1S/C29H27NO7/c1-17-14-22(35-16-25-18(2)37-28(30-25)20-8-6-5-7-9-20)11-12-23(17)27(31)24-13-10-21(34-4)15-26(24)36-19(3)29(32)33/h5-15,19H,16H2,1-4H3,(H,32,33)/t19-/m1/s1. The van der Waals surface area contributed by atoms with Gasteiger partial charge in [-0.1, -0.05) is 18.2 Å². The van der Waals surface area contributed by atoms with E-state index in [9.17, 15) is 14.7 Å². The first-order valence-corrected chi connectivity index (χ1v) is 11.6. The molecule has 1 atom stereocenters. The third-order valence-corrected chi connectivity index (χ3v) is 5.82. The van der Waals surface area contributed by atoms with Crippen molar-refractivity contribution in [3.8, 4) is 28.7 Å². The van der Waals surface area contributed by atoms with Gasteiger partial charge in [-0.05, 0) is 68.8 Å². The molecule has 4 rings (SSSR count). The number of oxazole rings is 1. The lowest BCUT2D eigenvalue weighted by molar-refractivity contribution is -0.144. The van der Waals surface area contributed by atoms with E-state index in [4.69, 9.17) is 18.6 Å². The van der Waals surface area contributed by atoms with E-state index < -0.39 is 12.1 Å². The van der Waals surface area contributed by atoms with Crippen molar-refractivity contribution in [3.05, 3.63) is 94.9 Å². The molecule has 1 heterocycles. The summed E-state index contributed by atoms with van der Waals surface area (Å²) in [6.07, 6.45) is -1.14. The number of carbonyl (C=O) groups is 2. The largest absolute Gasteiger partial charge is 0.497 e. The summed E-state index contributed by atoms with van der Waals surface area (Å²) in [5.41, 5.74) is 2.93. The first-order chi connectivity index (χ1) is 17.8. The number of carboxylic acid groups (broad SMARTS) is 1. The molecule has 0 fully saturated rings. The highest BCUT2D eigenvalue weighted by Crippen LogP contribution is 2.30. The molecule has 0 aliphatic heterocycles. The fourth-order valence-corrected chi connectivity index (χ4v) is 3.70. The minimum absolute atomic E-state index is 0.134. The summed E-state index contributed by atoms with van der Waals surface area (Å²) in [7, 11) is 1.48. The number of rotatable bonds is 10. The molecule has 0 aliphatic carbocycles. The maximum atomic E-state index is 13.4. The average molecular weight is 502 g/mol. The molecule has 1 aromatic heterocycles. The highest BCUT2D eigenvalue weighted by molar-refractivity contribution is 6.11. The highest BCUT2D eigenvalue weighted by atomic mass is 16.5. The Labute approximate surface area is 214 Å². The normalized spacial score (nSPS) is 11.6. The van der Waals surface area contributed by atoms with Crippen LogP contribution in [0.3, 0.4) is 0 Å². The van der Waals surface area contributed by atoms with Gasteiger partial charge in [0.05, 0.1) is 12.7 Å². The number of aliphatic carboxylic acids is 1. The molecule has 0 saturated heterocycles. The molecule has 3 aromatic carbocycles. The smallest absolute Gasteiger partial charge is 0.344 e. The molecule has 0 unspecified atom stereocenters. The van der Waals surface area contributed by atoms with Crippen molar-refractivity contribution in [2.75, 3.05) is 7.11 Å². The van der Waals surface area contributed by atoms with Gasteiger partial charge in [0.25, 0.3) is 0 Å². The van der Waals surface area contributed by atoms with Crippen LogP contribution in [0.15, 0.2) is 71.1 Å². The summed E-state index contributed by atoms with van der Waals surface area (Å²) in [6.45, 7) is 5.25. The van der Waals surface area contributed by atoms with Crippen molar-refractivity contribution in [1.82, 2.24) is 4.98 Å². The van der Waals surface area contributed by atoms with Crippen molar-refractivity contribution in [2.24, 2.45) is 0 Å². The molecule has 0 bridgehead atoms. The molecule has 0 radical (unpaired) electrons. The second-order valence-corrected chi connectivity index (χ2v) is 8.44. The van der Waals surface area contributed by atoms with E-state index in [-0.39, 0.29) is 23.7 Å². The summed E-state index contributed by atoms with van der Waals surface area (Å²) >= 11 is 0. The summed E-state index contributed by atoms with van der Waals surface area (Å²) in [5, 5.41) is 9.23. The first kappa shape index (κ1) is 25.5. The highest BCUT2D eigenvalue weighted by Gasteiger charge is 2.22. The molecule has 0 amide bonds. The van der Waals surface area contributed by atoms with Crippen molar-refractivity contribution in [2.45, 2.75) is 33.5 Å². The van der Waals surface area contributed by atoms with Gasteiger partial charge in [0.1, 0.15) is 35.3 Å². The molecular formula is C29H27NO7. The minimum Gasteiger partial charge on any atom is -0.497 e. The van der Waals surface area contributed by atoms with E-state index in [1.165, 1.54) is 20.1 Å². The Morgan fingerprint density at radius 3 is 2.35 bits per heavy atom. The summed E-state index contributed by atoms with van der Waals surface area (Å²) in [6, 6.07) is 19.5. The van der Waals surface area contributed by atoms with Crippen LogP contribution in [-0.4, -0.2) is 35.1 Å². The third-order valence-electron chi connectivity index (χ3n) is 5.82. The molecular weight excluding hydrogens is 474 g/mol. The van der Waals surface area contributed by atoms with Crippen LogP contribution in [-0.2, 0) is 11.4 Å². The Morgan fingerprint density at radius 1 is 0.973 bits per heavy atom. The van der Waals surface area contributed by atoms with Crippen LogP contribution in [0.1, 0.15) is 39.9 Å². The van der Waals surface area contributed by atoms with Crippen molar-refractivity contribution in [3.63, 3.8) is 0 Å². The molecule has 0 aliphatic rings. The van der Waals surface area contributed by atoms with Crippen molar-refractivity contribution >= 4 is 11.8 Å². The van der Waals surface area contributed by atoms with Crippen LogP contribution in [0.4, 0.5) is 0 Å². The van der Waals surface area contributed by atoms with Gasteiger partial charge >= 0.3 is 5.97 Å². The van der Waals surface area contributed by atoms with Gasteiger partial charge in [0.15, 0.2) is 11.9 Å². The first-order valence-electron chi connectivity index (χ1n) is 11.6. The van der Waals surface area contributed by atoms with Crippen LogP contribution >= 0.6 is 0 Å². The predicted octanol–water partition coefficient (Wildman–Crippen LogP) is 5.63. The number of hydrogen-bond acceptors (Lipinski definition) is 7. The monoisotopic (exact) mass is 501 g/mol. The van der Waals surface area contributed by atoms with Crippen molar-refractivity contribution < 1.29 is 33.3 Å². The number of methoxy groups -OCH3 is 1. The van der Waals surface area contributed by atoms with Gasteiger partial charge in [0, 0.05) is 17.2 Å². The van der Waals surface area contributed by atoms with Crippen LogP contribution in [0.25, 0.3) is 11.5 Å². The van der Waals surface area contributed by atoms with Crippen LogP contribution in [0.5, 0.6) is 17.2 Å². The number of carboxylic acids is 1. The van der Waals surface area contributed by atoms with E-state index in [2.05, 4.69) is 4.98 Å². The Bertz CT molecular complexity index is 1430. The number of ether oxygens (including phenoxy) is 3. The predicted molar refractivity (Wildman–Crippen MR) is 136 cm³/mol. The van der Waals surface area contributed by atoms with Gasteiger partial charge in [-0.3, -0.25) is 4.79 Å². The number of carbonyl (C=O) groups excluding carboxylic acids is 1. The summed E-state index contributed by atoms with van der Waals surface area (Å²) < 4.78 is 22.5. The molecule has 1 N–H and O–H groups in total. The average Bonchev–Trinajstić information content (AvgIpc) is 3.27. The number of benzene rings is 3. The lowest BCUT2D eigenvalue weighted by Crippen LogP contribution is -2.24. The molecule has 0 saturated carbocycles. The van der Waals surface area contributed by atoms with E-state index >= 15 is 0 Å². The lowest BCUT2D eigenvalue weighted by atomic mass is 9.98. The quantitative estimate of drug-likeness (QED) is 0.279. The second kappa shape index (κ2) is 11.0. The number of aryl methyl sites for hydroxylation is 2. The Morgan fingerprint density at radius 2 is 1.68 bits per heavy atom. The fraction of sp³-hybridized carbons (Fsp3) is 0.207. The van der Waals surface area contributed by atoms with Gasteiger partial charge in [-0.2, -0.15) is 0 Å². The SMILES string of the molecule is COc1ccc(C(=O)c2ccc(OCc3nc(-c4ccccc4)oc3C)cc2C)c(O[C@H](C)C(=O)O)c1. The van der Waals surface area contributed by atoms with Gasteiger partial charge in [0.2, 0.25) is 5.89 Å². The Hall–Kier alpha value is -4.59. The van der Waals surface area contributed by atoms with E-state index in [0.29, 0.717) is 40.0 Å². The molecule has 0 spiro atoms. The zero-order chi connectivity index (χ0) is 26.5. The second-order valence-electron chi connectivity index (χ2n) is 8.44. The van der Waals surface area contributed by atoms with E-state index in [1.807, 2.05) is 37.3 Å². The Kier molecular flexibility index (Phi) is 7.57. The number of hydrogen-bond donors (Lipinski definition) is 1. The topological polar surface area (TPSA) is 108 Å². The van der Waals surface area contributed by atoms with Gasteiger partial charge < -0.3 is 23.7 Å². The minimum atomic E-state index is -1.14. The lowest BCUT2D eigenvalue weighted by Gasteiger charge is -2.16. The summed E-state index contributed by atoms with van der Waals surface area (Å²) in [5.74, 6) is 0.908. The number of nitrogens with zero attached hydrogens (tertiary/aromatic N) is 1.